The van der Waals surface area contributed by atoms with Crippen LogP contribution in [0.15, 0.2) is 174 Å². The van der Waals surface area contributed by atoms with E-state index in [4.69, 9.17) is 4.42 Å². The molecule has 0 radical (unpaired) electrons. The zero-order valence-electron chi connectivity index (χ0n) is 28.6. The van der Waals surface area contributed by atoms with E-state index in [1.807, 2.05) is 39.8 Å². The molecule has 0 spiro atoms. The lowest BCUT2D eigenvalue weighted by molar-refractivity contribution is 0.670. The van der Waals surface area contributed by atoms with Crippen molar-refractivity contribution >= 4 is 33.3 Å². The second kappa shape index (κ2) is 13.7. The Labute approximate surface area is 289 Å². The van der Waals surface area contributed by atoms with E-state index in [2.05, 4.69) is 163 Å². The van der Waals surface area contributed by atoms with Gasteiger partial charge in [0.15, 0.2) is 0 Å². The van der Waals surface area contributed by atoms with Crippen LogP contribution < -0.4 is 5.32 Å². The molecule has 0 unspecified atom stereocenters. The lowest BCUT2D eigenvalue weighted by Gasteiger charge is -2.33. The molecule has 8 aromatic rings. The van der Waals surface area contributed by atoms with Crippen molar-refractivity contribution in [2.24, 2.45) is 0 Å². The van der Waals surface area contributed by atoms with Crippen molar-refractivity contribution in [2.45, 2.75) is 33.1 Å². The minimum absolute atomic E-state index is 0.415. The highest BCUT2D eigenvalue weighted by molar-refractivity contribution is 6.09. The SMILES string of the molecule is CC.CC.c1ccc(C2(c3ccccc3)c3ccccc3-c3c(Nc4ccc(-c5cccc6c5oc5ccccc56)cc4)cccc32)cc1. The van der Waals surface area contributed by atoms with Gasteiger partial charge in [0.1, 0.15) is 11.2 Å². The van der Waals surface area contributed by atoms with Crippen LogP contribution in [0.4, 0.5) is 11.4 Å². The molecule has 9 rings (SSSR count). The fourth-order valence-electron chi connectivity index (χ4n) is 7.46. The van der Waals surface area contributed by atoms with E-state index in [1.54, 1.807) is 0 Å². The van der Waals surface area contributed by atoms with E-state index in [0.717, 1.165) is 44.4 Å². The molecule has 0 aliphatic heterocycles. The maximum Gasteiger partial charge on any atom is 0.143 e. The highest BCUT2D eigenvalue weighted by Gasteiger charge is 2.46. The van der Waals surface area contributed by atoms with Crippen molar-refractivity contribution in [1.82, 2.24) is 0 Å². The Bertz CT molecular complexity index is 2290. The summed E-state index contributed by atoms with van der Waals surface area (Å²) in [6.45, 7) is 8.00. The van der Waals surface area contributed by atoms with E-state index in [-0.39, 0.29) is 0 Å². The van der Waals surface area contributed by atoms with Gasteiger partial charge in [-0.05, 0) is 57.6 Å². The summed E-state index contributed by atoms with van der Waals surface area (Å²) in [6.07, 6.45) is 0. The molecule has 1 aliphatic carbocycles. The largest absolute Gasteiger partial charge is 0.455 e. The Kier molecular flexibility index (Phi) is 8.87. The van der Waals surface area contributed by atoms with Crippen LogP contribution in [0.2, 0.25) is 0 Å². The first-order chi connectivity index (χ1) is 24.3. The van der Waals surface area contributed by atoms with Crippen LogP contribution in [0.1, 0.15) is 49.9 Å². The van der Waals surface area contributed by atoms with Crippen LogP contribution >= 0.6 is 0 Å². The number of furan rings is 1. The Morgan fingerprint density at radius 1 is 0.449 bits per heavy atom. The molecule has 2 heteroatoms. The summed E-state index contributed by atoms with van der Waals surface area (Å²) in [6, 6.07) is 60.7. The smallest absolute Gasteiger partial charge is 0.143 e. The summed E-state index contributed by atoms with van der Waals surface area (Å²) in [5.41, 5.74) is 13.4. The van der Waals surface area contributed by atoms with Crippen molar-refractivity contribution in [3.63, 3.8) is 0 Å². The molecule has 0 saturated carbocycles. The summed E-state index contributed by atoms with van der Waals surface area (Å²) in [5, 5.41) is 6.09. The number of benzene rings is 7. The molecule has 0 bridgehead atoms. The van der Waals surface area contributed by atoms with Crippen molar-refractivity contribution in [2.75, 3.05) is 5.32 Å². The van der Waals surface area contributed by atoms with E-state index < -0.39 is 5.41 Å². The second-order valence-corrected chi connectivity index (χ2v) is 11.7. The van der Waals surface area contributed by atoms with Gasteiger partial charge in [0.25, 0.3) is 0 Å². The number of hydrogen-bond donors (Lipinski definition) is 1. The van der Waals surface area contributed by atoms with Gasteiger partial charge in [-0.3, -0.25) is 0 Å². The van der Waals surface area contributed by atoms with Crippen molar-refractivity contribution in [3.8, 4) is 22.3 Å². The van der Waals surface area contributed by atoms with Crippen LogP contribution in [-0.2, 0) is 5.41 Å². The third-order valence-electron chi connectivity index (χ3n) is 9.36. The third kappa shape index (κ3) is 5.21. The molecule has 1 aromatic heterocycles. The molecule has 0 atom stereocenters. The zero-order chi connectivity index (χ0) is 33.8. The molecule has 1 heterocycles. The molecule has 0 fully saturated rings. The topological polar surface area (TPSA) is 25.2 Å². The normalized spacial score (nSPS) is 12.2. The molecular formula is C47H41NO. The first-order valence-electron chi connectivity index (χ1n) is 17.4. The Morgan fingerprint density at radius 2 is 1.00 bits per heavy atom. The van der Waals surface area contributed by atoms with Gasteiger partial charge in [-0.15, -0.1) is 0 Å². The lowest BCUT2D eigenvalue weighted by Crippen LogP contribution is -2.28. The summed E-state index contributed by atoms with van der Waals surface area (Å²) in [5.74, 6) is 0. The summed E-state index contributed by atoms with van der Waals surface area (Å²) in [7, 11) is 0. The summed E-state index contributed by atoms with van der Waals surface area (Å²) in [4.78, 5) is 0. The molecular weight excluding hydrogens is 595 g/mol. The first kappa shape index (κ1) is 31.7. The Morgan fingerprint density at radius 3 is 1.71 bits per heavy atom. The number of anilines is 2. The second-order valence-electron chi connectivity index (χ2n) is 11.7. The standard InChI is InChI=1S/C43H29NO.2C2H6/c1-3-13-30(14-4-1)43(31-15-5-2-6-16-31)37-21-9-7-18-36(37)41-38(43)22-12-23-39(41)44-32-27-25-29(26-28-32)33-19-11-20-35-34-17-8-10-24-40(34)45-42(33)35;2*1-2/h1-28,44H;2*1-2H3. The van der Waals surface area contributed by atoms with E-state index in [0.29, 0.717) is 0 Å². The van der Waals surface area contributed by atoms with Gasteiger partial charge in [-0.25, -0.2) is 0 Å². The molecule has 2 nitrogen and oxygen atoms in total. The molecule has 49 heavy (non-hydrogen) atoms. The van der Waals surface area contributed by atoms with Crippen LogP contribution in [-0.4, -0.2) is 0 Å². The molecule has 240 valence electrons. The molecule has 1 aliphatic rings. The summed E-state index contributed by atoms with van der Waals surface area (Å²) >= 11 is 0. The quantitative estimate of drug-likeness (QED) is 0.204. The zero-order valence-corrected chi connectivity index (χ0v) is 28.6. The fourth-order valence-corrected chi connectivity index (χ4v) is 7.46. The maximum absolute atomic E-state index is 6.32. The fraction of sp³-hybridized carbons (Fsp3) is 0.106. The highest BCUT2D eigenvalue weighted by Crippen LogP contribution is 2.58. The van der Waals surface area contributed by atoms with E-state index in [9.17, 15) is 0 Å². The van der Waals surface area contributed by atoms with Crippen LogP contribution in [0.25, 0.3) is 44.2 Å². The van der Waals surface area contributed by atoms with Crippen LogP contribution in [0.5, 0.6) is 0 Å². The number of fused-ring (bicyclic) bond motifs is 6. The monoisotopic (exact) mass is 635 g/mol. The predicted molar refractivity (Wildman–Crippen MR) is 209 cm³/mol. The maximum atomic E-state index is 6.32. The molecule has 7 aromatic carbocycles. The third-order valence-corrected chi connectivity index (χ3v) is 9.36. The molecule has 0 amide bonds. The lowest BCUT2D eigenvalue weighted by atomic mass is 9.68. The van der Waals surface area contributed by atoms with Gasteiger partial charge in [-0.1, -0.05) is 173 Å². The van der Waals surface area contributed by atoms with Crippen molar-refractivity contribution in [1.29, 1.82) is 0 Å². The van der Waals surface area contributed by atoms with Gasteiger partial charge in [0.2, 0.25) is 0 Å². The van der Waals surface area contributed by atoms with E-state index >= 15 is 0 Å². The van der Waals surface area contributed by atoms with Gasteiger partial charge >= 0.3 is 0 Å². The Balaban J connectivity index is 0.000000914. The van der Waals surface area contributed by atoms with Crippen molar-refractivity contribution < 1.29 is 4.42 Å². The van der Waals surface area contributed by atoms with Crippen LogP contribution in [0.3, 0.4) is 0 Å². The Hall–Kier alpha value is -5.86. The average molecular weight is 636 g/mol. The van der Waals surface area contributed by atoms with Gasteiger partial charge in [0, 0.05) is 33.3 Å². The molecule has 0 saturated heterocycles. The predicted octanol–water partition coefficient (Wildman–Crippen LogP) is 13.4. The average Bonchev–Trinajstić information content (AvgIpc) is 3.72. The van der Waals surface area contributed by atoms with Crippen LogP contribution in [0, 0.1) is 0 Å². The number of nitrogens with one attached hydrogen (secondary N) is 1. The number of para-hydroxylation sites is 2. The molecule has 1 N–H and O–H groups in total. The number of hydrogen-bond acceptors (Lipinski definition) is 2. The minimum Gasteiger partial charge on any atom is -0.455 e. The minimum atomic E-state index is -0.415. The van der Waals surface area contributed by atoms with E-state index in [1.165, 1.54) is 33.4 Å². The van der Waals surface area contributed by atoms with Gasteiger partial charge in [0.05, 0.1) is 5.41 Å². The highest BCUT2D eigenvalue weighted by atomic mass is 16.3. The summed E-state index contributed by atoms with van der Waals surface area (Å²) < 4.78 is 6.32. The first-order valence-corrected chi connectivity index (χ1v) is 17.4. The van der Waals surface area contributed by atoms with Gasteiger partial charge in [-0.2, -0.15) is 0 Å². The van der Waals surface area contributed by atoms with Crippen molar-refractivity contribution in [3.05, 3.63) is 192 Å². The van der Waals surface area contributed by atoms with Gasteiger partial charge < -0.3 is 9.73 Å². The number of rotatable bonds is 5.